The molecule has 0 unspecified atom stereocenters. The molecule has 0 aromatic heterocycles. The van der Waals surface area contributed by atoms with E-state index < -0.39 is 5.82 Å². The molecule has 2 aromatic rings. The Morgan fingerprint density at radius 1 is 0.931 bits per heavy atom. The molecule has 2 bridgehead atoms. The van der Waals surface area contributed by atoms with E-state index in [1.807, 2.05) is 0 Å². The van der Waals surface area contributed by atoms with Gasteiger partial charge in [0.25, 0.3) is 11.8 Å². The molecule has 3 saturated carbocycles. The molecule has 2 N–H and O–H groups in total. The number of amides is 2. The number of nitrogens with one attached hydrogen (secondary N) is 2. The molecule has 3 fully saturated rings. The van der Waals surface area contributed by atoms with Gasteiger partial charge in [-0.2, -0.15) is 0 Å². The summed E-state index contributed by atoms with van der Waals surface area (Å²) >= 11 is 17.4. The number of ether oxygens (including phenoxy) is 1. The molecule has 3 aliphatic carbocycles. The zero-order valence-corrected chi connectivity index (χ0v) is 17.3. The Morgan fingerprint density at radius 3 is 2.24 bits per heavy atom. The number of carbonyl (C=O) groups excluding carboxylic acids is 2. The molecule has 5 nitrogen and oxygen atoms in total. The van der Waals surface area contributed by atoms with Crippen LogP contribution in [0.4, 0.5) is 4.39 Å². The SMILES string of the molecule is O=C(COc1ccc(Cl)c(Cl)c1)NC12CC(NC(=O)c3ccc(Cl)c(F)c3)(C1)C2. The van der Waals surface area contributed by atoms with Gasteiger partial charge in [-0.05, 0) is 49.6 Å². The molecule has 0 heterocycles. The van der Waals surface area contributed by atoms with Gasteiger partial charge in [0.1, 0.15) is 11.6 Å². The van der Waals surface area contributed by atoms with E-state index >= 15 is 0 Å². The van der Waals surface area contributed by atoms with Gasteiger partial charge in [-0.15, -0.1) is 0 Å². The van der Waals surface area contributed by atoms with Gasteiger partial charge in [0.15, 0.2) is 6.61 Å². The smallest absolute Gasteiger partial charge is 0.258 e. The lowest BCUT2D eigenvalue weighted by Crippen LogP contribution is -2.84. The highest BCUT2D eigenvalue weighted by Crippen LogP contribution is 2.60. The lowest BCUT2D eigenvalue weighted by Gasteiger charge is -2.70. The molecule has 29 heavy (non-hydrogen) atoms. The van der Waals surface area contributed by atoms with Crippen LogP contribution in [-0.4, -0.2) is 29.5 Å². The van der Waals surface area contributed by atoms with Crippen molar-refractivity contribution in [3.63, 3.8) is 0 Å². The minimum Gasteiger partial charge on any atom is -0.484 e. The first-order valence-corrected chi connectivity index (χ1v) is 9.99. The molecule has 3 aliphatic rings. The van der Waals surface area contributed by atoms with Crippen molar-refractivity contribution >= 4 is 46.6 Å². The molecule has 2 aromatic carbocycles. The Balaban J connectivity index is 1.25. The predicted molar refractivity (Wildman–Crippen MR) is 108 cm³/mol. The van der Waals surface area contributed by atoms with Crippen LogP contribution >= 0.6 is 34.8 Å². The van der Waals surface area contributed by atoms with E-state index in [0.717, 1.165) is 6.07 Å². The van der Waals surface area contributed by atoms with E-state index in [0.29, 0.717) is 35.1 Å². The second kappa shape index (κ2) is 7.35. The molecule has 0 aliphatic heterocycles. The molecule has 9 heteroatoms. The zero-order chi connectivity index (χ0) is 20.8. The van der Waals surface area contributed by atoms with Gasteiger partial charge in [0.2, 0.25) is 0 Å². The largest absolute Gasteiger partial charge is 0.484 e. The Morgan fingerprint density at radius 2 is 1.59 bits per heavy atom. The van der Waals surface area contributed by atoms with E-state index in [4.69, 9.17) is 39.5 Å². The molecule has 5 rings (SSSR count). The molecule has 0 spiro atoms. The Labute approximate surface area is 181 Å². The van der Waals surface area contributed by atoms with E-state index in [2.05, 4.69) is 10.6 Å². The topological polar surface area (TPSA) is 67.4 Å². The van der Waals surface area contributed by atoms with E-state index in [-0.39, 0.29) is 40.1 Å². The van der Waals surface area contributed by atoms with Crippen LogP contribution in [0.3, 0.4) is 0 Å². The average molecular weight is 458 g/mol. The highest BCUT2D eigenvalue weighted by Gasteiger charge is 2.69. The van der Waals surface area contributed by atoms with Gasteiger partial charge in [-0.3, -0.25) is 9.59 Å². The van der Waals surface area contributed by atoms with Crippen molar-refractivity contribution in [2.24, 2.45) is 0 Å². The minimum atomic E-state index is -0.636. The first kappa shape index (κ1) is 20.3. The molecule has 152 valence electrons. The Bertz CT molecular complexity index is 995. The van der Waals surface area contributed by atoms with Crippen LogP contribution in [0.15, 0.2) is 36.4 Å². The fraction of sp³-hybridized carbons (Fsp3) is 0.300. The summed E-state index contributed by atoms with van der Waals surface area (Å²) in [7, 11) is 0. The van der Waals surface area contributed by atoms with Crippen molar-refractivity contribution in [1.29, 1.82) is 0 Å². The Hall–Kier alpha value is -2.02. The van der Waals surface area contributed by atoms with Gasteiger partial charge in [0.05, 0.1) is 15.1 Å². The first-order chi connectivity index (χ1) is 13.7. The summed E-state index contributed by atoms with van der Waals surface area (Å²) in [6, 6.07) is 8.71. The quantitative estimate of drug-likeness (QED) is 0.676. The van der Waals surface area contributed by atoms with Crippen LogP contribution in [0.2, 0.25) is 15.1 Å². The van der Waals surface area contributed by atoms with Crippen molar-refractivity contribution in [3.05, 3.63) is 62.8 Å². The highest BCUT2D eigenvalue weighted by molar-refractivity contribution is 6.42. The third kappa shape index (κ3) is 4.02. The number of rotatable bonds is 6. The lowest BCUT2D eigenvalue weighted by atomic mass is 9.44. The summed E-state index contributed by atoms with van der Waals surface area (Å²) in [6.45, 7) is -0.150. The van der Waals surface area contributed by atoms with E-state index in [1.54, 1.807) is 18.2 Å². The number of hydrogen-bond acceptors (Lipinski definition) is 3. The van der Waals surface area contributed by atoms with Gasteiger partial charge in [-0.25, -0.2) is 4.39 Å². The van der Waals surface area contributed by atoms with Gasteiger partial charge < -0.3 is 15.4 Å². The molecule has 0 radical (unpaired) electrons. The van der Waals surface area contributed by atoms with Gasteiger partial charge in [-0.1, -0.05) is 34.8 Å². The second-order valence-electron chi connectivity index (χ2n) is 7.59. The monoisotopic (exact) mass is 456 g/mol. The fourth-order valence-electron chi connectivity index (χ4n) is 4.05. The van der Waals surface area contributed by atoms with Crippen molar-refractivity contribution < 1.29 is 18.7 Å². The number of hydrogen-bond donors (Lipinski definition) is 2. The maximum Gasteiger partial charge on any atom is 0.258 e. The normalized spacial score (nSPS) is 24.1. The lowest BCUT2D eigenvalue weighted by molar-refractivity contribution is -0.141. The summed E-state index contributed by atoms with van der Waals surface area (Å²) < 4.78 is 19.0. The van der Waals surface area contributed by atoms with Crippen LogP contribution in [-0.2, 0) is 4.79 Å². The molecular weight excluding hydrogens is 442 g/mol. The van der Waals surface area contributed by atoms with Gasteiger partial charge in [0, 0.05) is 22.7 Å². The van der Waals surface area contributed by atoms with Crippen molar-refractivity contribution in [2.75, 3.05) is 6.61 Å². The van der Waals surface area contributed by atoms with Crippen molar-refractivity contribution in [1.82, 2.24) is 10.6 Å². The minimum absolute atomic E-state index is 0.0307. The highest BCUT2D eigenvalue weighted by atomic mass is 35.5. The summed E-state index contributed by atoms with van der Waals surface area (Å²) in [5.41, 5.74) is -0.466. The third-order valence-electron chi connectivity index (χ3n) is 5.26. The molecule has 0 atom stereocenters. The number of halogens is 4. The molecule has 0 saturated heterocycles. The van der Waals surface area contributed by atoms with Crippen LogP contribution in [0.5, 0.6) is 5.75 Å². The second-order valence-corrected chi connectivity index (χ2v) is 8.81. The molecule has 2 amide bonds. The van der Waals surface area contributed by atoms with Crippen LogP contribution in [0.25, 0.3) is 0 Å². The van der Waals surface area contributed by atoms with Crippen LogP contribution < -0.4 is 15.4 Å². The predicted octanol–water partition coefficient (Wildman–Crippen LogP) is 4.39. The zero-order valence-electron chi connectivity index (χ0n) is 15.0. The van der Waals surface area contributed by atoms with Crippen molar-refractivity contribution in [3.8, 4) is 5.75 Å². The van der Waals surface area contributed by atoms with E-state index in [9.17, 15) is 14.0 Å². The number of carbonyl (C=O) groups is 2. The average Bonchev–Trinajstić information content (AvgIpc) is 2.62. The molecular formula is C20H16Cl3FN2O3. The van der Waals surface area contributed by atoms with E-state index in [1.165, 1.54) is 12.1 Å². The first-order valence-electron chi connectivity index (χ1n) is 8.86. The van der Waals surface area contributed by atoms with Crippen LogP contribution in [0, 0.1) is 5.82 Å². The maximum absolute atomic E-state index is 13.5. The standard InChI is InChI=1S/C20H16Cl3FN2O3/c21-13-4-2-12(6-15(13)23)29-7-17(27)25-19-8-20(9-19,10-19)26-18(28)11-1-3-14(22)16(24)5-11/h1-6H,7-10H2,(H,25,27)(H,26,28). The third-order valence-corrected chi connectivity index (χ3v) is 6.30. The summed E-state index contributed by atoms with van der Waals surface area (Å²) in [4.78, 5) is 24.5. The van der Waals surface area contributed by atoms with Crippen LogP contribution in [0.1, 0.15) is 29.6 Å². The Kier molecular flexibility index (Phi) is 5.13. The summed E-state index contributed by atoms with van der Waals surface area (Å²) in [6.07, 6.45) is 1.88. The maximum atomic E-state index is 13.5. The summed E-state index contributed by atoms with van der Waals surface area (Å²) in [5, 5.41) is 6.62. The fourth-order valence-corrected chi connectivity index (χ4v) is 4.46. The van der Waals surface area contributed by atoms with Gasteiger partial charge >= 0.3 is 0 Å². The van der Waals surface area contributed by atoms with Crippen molar-refractivity contribution in [2.45, 2.75) is 30.3 Å². The number of benzene rings is 2. The summed E-state index contributed by atoms with van der Waals surface area (Å²) in [5.74, 6) is -0.799.